The van der Waals surface area contributed by atoms with Crippen LogP contribution < -0.4 is 9.47 Å². The predicted octanol–water partition coefficient (Wildman–Crippen LogP) is 11.7. The van der Waals surface area contributed by atoms with Crippen LogP contribution >= 0.6 is 11.6 Å². The van der Waals surface area contributed by atoms with Gasteiger partial charge in [0.05, 0.1) is 28.6 Å². The minimum atomic E-state index is -0.482. The van der Waals surface area contributed by atoms with Crippen LogP contribution in [-0.4, -0.2) is 12.6 Å². The average Bonchev–Trinajstić information content (AvgIpc) is 2.96. The summed E-state index contributed by atoms with van der Waals surface area (Å²) in [7, 11) is 0. The second-order valence-electron chi connectivity index (χ2n) is 10.8. The number of aryl methyl sites for hydroxylation is 2. The van der Waals surface area contributed by atoms with E-state index in [0.717, 1.165) is 23.4 Å². The van der Waals surface area contributed by atoms with E-state index in [-0.39, 0.29) is 10.8 Å². The fourth-order valence-electron chi connectivity index (χ4n) is 4.64. The lowest BCUT2D eigenvalue weighted by molar-refractivity contribution is 0.0735. The number of esters is 1. The lowest BCUT2D eigenvalue weighted by Crippen LogP contribution is -2.08. The van der Waals surface area contributed by atoms with Crippen LogP contribution in [0.15, 0.2) is 70.9 Å². The van der Waals surface area contributed by atoms with Crippen molar-refractivity contribution in [3.05, 3.63) is 82.4 Å². The summed E-state index contributed by atoms with van der Waals surface area (Å²) >= 11 is 6.37. The zero-order valence-corrected chi connectivity index (χ0v) is 25.7. The number of carbonyl (C=O) groups is 1. The maximum Gasteiger partial charge on any atom is 0.343 e. The quantitative estimate of drug-likeness (QED) is 0.0654. The first-order chi connectivity index (χ1) is 20.0. The smallest absolute Gasteiger partial charge is 0.343 e. The summed E-state index contributed by atoms with van der Waals surface area (Å²) in [5.74, 6) is 0.541. The zero-order chi connectivity index (χ0) is 29.3. The number of halogens is 1. The normalized spacial score (nSPS) is 11.2. The molecule has 6 heteroatoms. The van der Waals surface area contributed by atoms with Gasteiger partial charge in [0.1, 0.15) is 11.5 Å². The largest absolute Gasteiger partial charge is 0.494 e. The molecule has 0 unspecified atom stereocenters. The Labute approximate surface area is 251 Å². The highest BCUT2D eigenvalue weighted by Crippen LogP contribution is 2.31. The molecule has 0 heterocycles. The van der Waals surface area contributed by atoms with E-state index >= 15 is 0 Å². The SMILES string of the molecule is CCCCCCCCCCCCCCOc1ccc(C(=O)Oc2ccc(N=Nc3ccc(C)cc3C)cc2Cl)cc1. The Hall–Kier alpha value is -3.18. The predicted molar refractivity (Wildman–Crippen MR) is 170 cm³/mol. The van der Waals surface area contributed by atoms with E-state index in [1.54, 1.807) is 42.5 Å². The summed E-state index contributed by atoms with van der Waals surface area (Å²) in [6, 6.07) is 18.0. The van der Waals surface area contributed by atoms with Crippen molar-refractivity contribution in [2.75, 3.05) is 6.61 Å². The molecule has 220 valence electrons. The van der Waals surface area contributed by atoms with Gasteiger partial charge in [-0.2, -0.15) is 10.2 Å². The molecule has 0 aliphatic carbocycles. The first-order valence-electron chi connectivity index (χ1n) is 15.2. The summed E-state index contributed by atoms with van der Waals surface area (Å²) in [5.41, 5.74) is 4.02. The molecule has 3 aromatic rings. The third-order valence-electron chi connectivity index (χ3n) is 7.10. The van der Waals surface area contributed by atoms with Gasteiger partial charge in [-0.15, -0.1) is 0 Å². The average molecular weight is 577 g/mol. The van der Waals surface area contributed by atoms with E-state index in [1.807, 2.05) is 26.0 Å². The third-order valence-corrected chi connectivity index (χ3v) is 7.40. The second kappa shape index (κ2) is 18.3. The van der Waals surface area contributed by atoms with Gasteiger partial charge in [-0.05, 0) is 74.4 Å². The van der Waals surface area contributed by atoms with Gasteiger partial charge in [0, 0.05) is 0 Å². The van der Waals surface area contributed by atoms with Gasteiger partial charge >= 0.3 is 5.97 Å². The van der Waals surface area contributed by atoms with E-state index in [1.165, 1.54) is 76.2 Å². The summed E-state index contributed by atoms with van der Waals surface area (Å²) in [6.45, 7) is 6.98. The van der Waals surface area contributed by atoms with Crippen molar-refractivity contribution in [1.82, 2.24) is 0 Å². The molecule has 0 aliphatic rings. The highest BCUT2D eigenvalue weighted by atomic mass is 35.5. The molecule has 41 heavy (non-hydrogen) atoms. The van der Waals surface area contributed by atoms with E-state index in [2.05, 4.69) is 23.2 Å². The van der Waals surface area contributed by atoms with Gasteiger partial charge in [-0.3, -0.25) is 0 Å². The maximum absolute atomic E-state index is 12.7. The van der Waals surface area contributed by atoms with Crippen LogP contribution in [0.2, 0.25) is 5.02 Å². The molecule has 0 bridgehead atoms. The Kier molecular flexibility index (Phi) is 14.4. The van der Waals surface area contributed by atoms with E-state index in [9.17, 15) is 4.79 Å². The summed E-state index contributed by atoms with van der Waals surface area (Å²) < 4.78 is 11.4. The van der Waals surface area contributed by atoms with Crippen LogP contribution in [-0.2, 0) is 0 Å². The number of hydrogen-bond acceptors (Lipinski definition) is 5. The first kappa shape index (κ1) is 32.3. The number of nitrogens with zero attached hydrogens (tertiary/aromatic N) is 2. The van der Waals surface area contributed by atoms with Gasteiger partial charge in [-0.1, -0.05) is 107 Å². The van der Waals surface area contributed by atoms with Crippen molar-refractivity contribution < 1.29 is 14.3 Å². The summed E-state index contributed by atoms with van der Waals surface area (Å²) in [4.78, 5) is 12.7. The molecule has 0 fully saturated rings. The van der Waals surface area contributed by atoms with Crippen LogP contribution in [0.1, 0.15) is 105 Å². The Bertz CT molecular complexity index is 1240. The monoisotopic (exact) mass is 576 g/mol. The van der Waals surface area contributed by atoms with Crippen LogP contribution in [0.5, 0.6) is 11.5 Å². The standard InChI is InChI=1S/C35H45ClN2O3/c1-4-5-6-7-8-9-10-11-12-13-14-15-24-40-31-20-17-29(18-21-31)35(39)41-34-23-19-30(26-32(34)36)37-38-33-22-16-27(2)25-28(33)3/h16-23,25-26H,4-15,24H2,1-3H3. The zero-order valence-electron chi connectivity index (χ0n) is 25.0. The Balaban J connectivity index is 1.34. The molecule has 5 nitrogen and oxygen atoms in total. The number of ether oxygens (including phenoxy) is 2. The Morgan fingerprint density at radius 2 is 1.37 bits per heavy atom. The molecule has 0 saturated heterocycles. The molecule has 0 amide bonds. The van der Waals surface area contributed by atoms with Crippen molar-refractivity contribution in [3.63, 3.8) is 0 Å². The lowest BCUT2D eigenvalue weighted by atomic mass is 10.1. The van der Waals surface area contributed by atoms with Gasteiger partial charge in [0.25, 0.3) is 0 Å². The van der Waals surface area contributed by atoms with Crippen LogP contribution in [0.25, 0.3) is 0 Å². The summed E-state index contributed by atoms with van der Waals surface area (Å²) in [5, 5.41) is 8.87. The minimum absolute atomic E-state index is 0.273. The number of unbranched alkanes of at least 4 members (excludes halogenated alkanes) is 11. The first-order valence-corrected chi connectivity index (χ1v) is 15.6. The molecule has 0 saturated carbocycles. The summed E-state index contributed by atoms with van der Waals surface area (Å²) in [6.07, 6.45) is 15.8. The van der Waals surface area contributed by atoms with Crippen molar-refractivity contribution >= 4 is 28.9 Å². The highest BCUT2D eigenvalue weighted by molar-refractivity contribution is 6.32. The molecule has 0 radical (unpaired) electrons. The molecule has 0 aromatic heterocycles. The van der Waals surface area contributed by atoms with Gasteiger partial charge in [0.2, 0.25) is 0 Å². The molecule has 0 atom stereocenters. The minimum Gasteiger partial charge on any atom is -0.494 e. The lowest BCUT2D eigenvalue weighted by Gasteiger charge is -2.09. The number of carbonyl (C=O) groups excluding carboxylic acids is 1. The molecule has 0 N–H and O–H groups in total. The fraction of sp³-hybridized carbons (Fsp3) is 0.457. The van der Waals surface area contributed by atoms with Gasteiger partial charge < -0.3 is 9.47 Å². The fourth-order valence-corrected chi connectivity index (χ4v) is 4.86. The van der Waals surface area contributed by atoms with Gasteiger partial charge in [0.15, 0.2) is 0 Å². The molecule has 3 rings (SSSR count). The molecular weight excluding hydrogens is 532 g/mol. The van der Waals surface area contributed by atoms with E-state index < -0.39 is 5.97 Å². The van der Waals surface area contributed by atoms with Gasteiger partial charge in [-0.25, -0.2) is 4.79 Å². The molecule has 0 spiro atoms. The van der Waals surface area contributed by atoms with Crippen molar-refractivity contribution in [2.24, 2.45) is 10.2 Å². The van der Waals surface area contributed by atoms with Crippen LogP contribution in [0.3, 0.4) is 0 Å². The molecular formula is C35H45ClN2O3. The molecule has 3 aromatic carbocycles. The van der Waals surface area contributed by atoms with E-state index in [4.69, 9.17) is 21.1 Å². The van der Waals surface area contributed by atoms with Crippen LogP contribution in [0.4, 0.5) is 11.4 Å². The number of azo groups is 1. The Morgan fingerprint density at radius 1 is 0.732 bits per heavy atom. The highest BCUT2D eigenvalue weighted by Gasteiger charge is 2.12. The van der Waals surface area contributed by atoms with Crippen molar-refractivity contribution in [1.29, 1.82) is 0 Å². The number of benzene rings is 3. The van der Waals surface area contributed by atoms with Crippen molar-refractivity contribution in [3.8, 4) is 11.5 Å². The van der Waals surface area contributed by atoms with Crippen LogP contribution in [0, 0.1) is 13.8 Å². The number of hydrogen-bond donors (Lipinski definition) is 0. The van der Waals surface area contributed by atoms with Crippen molar-refractivity contribution in [2.45, 2.75) is 97.8 Å². The Morgan fingerprint density at radius 3 is 1.98 bits per heavy atom. The number of rotatable bonds is 18. The topological polar surface area (TPSA) is 60.2 Å². The molecule has 0 aliphatic heterocycles. The second-order valence-corrected chi connectivity index (χ2v) is 11.2. The van der Waals surface area contributed by atoms with E-state index in [0.29, 0.717) is 17.9 Å². The third kappa shape index (κ3) is 12.1. The maximum atomic E-state index is 12.7.